The van der Waals surface area contributed by atoms with Gasteiger partial charge < -0.3 is 45.6 Å². The molecule has 4 atom stereocenters. The predicted molar refractivity (Wildman–Crippen MR) is 184 cm³/mol. The van der Waals surface area contributed by atoms with E-state index in [1.807, 2.05) is 62.4 Å². The van der Waals surface area contributed by atoms with Crippen LogP contribution in [0.4, 0.5) is 5.69 Å². The molecule has 0 aromatic heterocycles. The van der Waals surface area contributed by atoms with Crippen molar-refractivity contribution in [2.45, 2.75) is 63.8 Å². The van der Waals surface area contributed by atoms with Crippen LogP contribution in [0.25, 0.3) is 5.57 Å². The lowest BCUT2D eigenvalue weighted by atomic mass is 9.92. The summed E-state index contributed by atoms with van der Waals surface area (Å²) in [6, 6.07) is 14.8. The number of hydrogen-bond acceptors (Lipinski definition) is 10. The van der Waals surface area contributed by atoms with Gasteiger partial charge in [0.1, 0.15) is 24.0 Å². The van der Waals surface area contributed by atoms with Crippen LogP contribution in [0, 0.1) is 5.92 Å². The van der Waals surface area contributed by atoms with Crippen molar-refractivity contribution in [1.29, 1.82) is 0 Å². The first-order valence-corrected chi connectivity index (χ1v) is 16.0. The van der Waals surface area contributed by atoms with Crippen LogP contribution < -0.4 is 35.7 Å². The fourth-order valence-corrected chi connectivity index (χ4v) is 5.96. The topological polar surface area (TPSA) is 165 Å². The van der Waals surface area contributed by atoms with E-state index in [2.05, 4.69) is 5.32 Å². The number of nitrogens with two attached hydrogens (primary N) is 2. The smallest absolute Gasteiger partial charge is 0.329 e. The number of benzene rings is 3. The Hall–Kier alpha value is -4.74. The number of carbonyl (C=O) groups is 2. The molecule has 1 aliphatic carbocycles. The van der Waals surface area contributed by atoms with E-state index in [0.29, 0.717) is 54.4 Å². The van der Waals surface area contributed by atoms with Crippen LogP contribution in [0.15, 0.2) is 60.7 Å². The van der Waals surface area contributed by atoms with Gasteiger partial charge in [0.2, 0.25) is 5.75 Å². The zero-order valence-corrected chi connectivity index (χ0v) is 28.4. The average Bonchev–Trinajstić information content (AvgIpc) is 3.25. The van der Waals surface area contributed by atoms with Gasteiger partial charge in [-0.25, -0.2) is 4.79 Å². The van der Waals surface area contributed by atoms with Gasteiger partial charge in [0, 0.05) is 11.6 Å². The third kappa shape index (κ3) is 8.39. The Morgan fingerprint density at radius 2 is 1.62 bits per heavy atom. The summed E-state index contributed by atoms with van der Waals surface area (Å²) < 4.78 is 28.6. The Kier molecular flexibility index (Phi) is 12.3. The van der Waals surface area contributed by atoms with Gasteiger partial charge in [0.15, 0.2) is 11.5 Å². The molecule has 6 N–H and O–H groups in total. The number of methoxy groups -OCH3 is 4. The molecule has 0 saturated heterocycles. The van der Waals surface area contributed by atoms with Gasteiger partial charge in [-0.3, -0.25) is 4.79 Å². The van der Waals surface area contributed by atoms with Crippen molar-refractivity contribution in [2.75, 3.05) is 34.2 Å². The second kappa shape index (κ2) is 16.4. The SMILES string of the molecule is COc1ccc(C2=C[C@H](OC(=O)C(CC(C)C)NC(=O)C(O)C(N)Cc3ccccc3)CCc3c2cc(OC)c(OC)c3OC)cc1N. The van der Waals surface area contributed by atoms with E-state index in [9.17, 15) is 14.7 Å². The van der Waals surface area contributed by atoms with Crippen LogP contribution in [0.5, 0.6) is 23.0 Å². The number of aliphatic hydroxyl groups excluding tert-OH is 1. The molecule has 3 aromatic rings. The Balaban J connectivity index is 1.65. The lowest BCUT2D eigenvalue weighted by Gasteiger charge is -2.25. The number of amides is 1. The number of fused-ring (bicyclic) bond motifs is 1. The molecule has 1 amide bonds. The van der Waals surface area contributed by atoms with Crippen molar-refractivity contribution in [3.63, 3.8) is 0 Å². The second-order valence-corrected chi connectivity index (χ2v) is 12.2. The van der Waals surface area contributed by atoms with Gasteiger partial charge in [-0.15, -0.1) is 0 Å². The summed E-state index contributed by atoms with van der Waals surface area (Å²) in [5.41, 5.74) is 17.0. The fraction of sp³-hybridized carbons (Fsp3) is 0.405. The Morgan fingerprint density at radius 1 is 0.938 bits per heavy atom. The van der Waals surface area contributed by atoms with E-state index in [-0.39, 0.29) is 5.92 Å². The summed E-state index contributed by atoms with van der Waals surface area (Å²) in [7, 11) is 6.21. The number of anilines is 1. The molecule has 0 saturated carbocycles. The quantitative estimate of drug-likeness (QED) is 0.146. The van der Waals surface area contributed by atoms with Gasteiger partial charge >= 0.3 is 5.97 Å². The Bertz CT molecular complexity index is 1610. The van der Waals surface area contributed by atoms with E-state index in [1.165, 1.54) is 0 Å². The number of ether oxygens (including phenoxy) is 5. The highest BCUT2D eigenvalue weighted by molar-refractivity contribution is 5.89. The summed E-state index contributed by atoms with van der Waals surface area (Å²) >= 11 is 0. The van der Waals surface area contributed by atoms with E-state index < -0.39 is 36.2 Å². The molecule has 0 heterocycles. The average molecular weight is 662 g/mol. The molecule has 3 unspecified atom stereocenters. The summed E-state index contributed by atoms with van der Waals surface area (Å²) in [5, 5.41) is 13.5. The highest BCUT2D eigenvalue weighted by atomic mass is 16.5. The van der Waals surface area contributed by atoms with E-state index in [0.717, 1.165) is 27.8 Å². The maximum absolute atomic E-state index is 13.8. The van der Waals surface area contributed by atoms with Crippen molar-refractivity contribution in [3.8, 4) is 23.0 Å². The molecular formula is C37H47N3O8. The number of esters is 1. The molecule has 0 radical (unpaired) electrons. The summed E-state index contributed by atoms with van der Waals surface area (Å²) in [6.45, 7) is 3.87. The van der Waals surface area contributed by atoms with Crippen molar-refractivity contribution < 1.29 is 38.4 Å². The highest BCUT2D eigenvalue weighted by Gasteiger charge is 2.32. The number of aliphatic hydroxyl groups is 1. The van der Waals surface area contributed by atoms with Crippen LogP contribution in [0.1, 0.15) is 48.9 Å². The molecular weight excluding hydrogens is 614 g/mol. The highest BCUT2D eigenvalue weighted by Crippen LogP contribution is 2.47. The maximum Gasteiger partial charge on any atom is 0.329 e. The standard InChI is InChI=1S/C37H47N3O8/c1-21(2)16-30(40-36(42)33(41)29(39)17-22-10-8-7-9-11-22)37(43)48-24-13-14-25-27(20-32(45-4)35(47-6)34(25)46-5)26(19-24)23-12-15-31(44-3)28(38)18-23/h7-12,15,18-21,24,29-30,33,41H,13-14,16-17,38-39H2,1-6H3,(H,40,42)/t24-,29?,30?,33?/m1/s1. The second-order valence-electron chi connectivity index (χ2n) is 12.2. The predicted octanol–water partition coefficient (Wildman–Crippen LogP) is 4.05. The molecule has 258 valence electrons. The van der Waals surface area contributed by atoms with Crippen LogP contribution in [-0.2, 0) is 27.2 Å². The molecule has 0 spiro atoms. The minimum Gasteiger partial charge on any atom is -0.495 e. The summed E-state index contributed by atoms with van der Waals surface area (Å²) in [5.74, 6) is 0.642. The van der Waals surface area contributed by atoms with Crippen molar-refractivity contribution in [2.24, 2.45) is 11.7 Å². The first-order valence-electron chi connectivity index (χ1n) is 16.0. The van der Waals surface area contributed by atoms with Crippen LogP contribution in [-0.4, -0.2) is 69.7 Å². The van der Waals surface area contributed by atoms with Gasteiger partial charge in [0.05, 0.1) is 34.1 Å². The molecule has 4 rings (SSSR count). The van der Waals surface area contributed by atoms with Crippen molar-refractivity contribution >= 4 is 23.1 Å². The third-order valence-electron chi connectivity index (χ3n) is 8.36. The van der Waals surface area contributed by atoms with E-state index in [4.69, 9.17) is 35.2 Å². The zero-order valence-electron chi connectivity index (χ0n) is 28.4. The minimum absolute atomic E-state index is 0.0361. The molecule has 48 heavy (non-hydrogen) atoms. The summed E-state index contributed by atoms with van der Waals surface area (Å²) in [4.78, 5) is 26.9. The molecule has 1 aliphatic rings. The first kappa shape index (κ1) is 36.1. The Labute approximate surface area is 282 Å². The largest absolute Gasteiger partial charge is 0.495 e. The molecule has 11 heteroatoms. The van der Waals surface area contributed by atoms with Gasteiger partial charge in [-0.05, 0) is 78.1 Å². The first-order chi connectivity index (χ1) is 23.0. The molecule has 11 nitrogen and oxygen atoms in total. The van der Waals surface area contributed by atoms with E-state index >= 15 is 0 Å². The zero-order chi connectivity index (χ0) is 35.0. The number of nitrogen functional groups attached to an aromatic ring is 1. The molecule has 0 fully saturated rings. The van der Waals surface area contributed by atoms with Crippen molar-refractivity contribution in [3.05, 3.63) is 82.9 Å². The lowest BCUT2D eigenvalue weighted by molar-refractivity contribution is -0.152. The number of nitrogens with one attached hydrogen (secondary N) is 1. The van der Waals surface area contributed by atoms with Crippen LogP contribution in [0.2, 0.25) is 0 Å². The number of carbonyl (C=O) groups excluding carboxylic acids is 2. The van der Waals surface area contributed by atoms with Gasteiger partial charge in [0.25, 0.3) is 5.91 Å². The molecule has 3 aromatic carbocycles. The van der Waals surface area contributed by atoms with E-state index in [1.54, 1.807) is 40.6 Å². The van der Waals surface area contributed by atoms with Gasteiger partial charge in [-0.1, -0.05) is 50.2 Å². The molecule has 0 bridgehead atoms. The normalized spacial score (nSPS) is 16.0. The van der Waals surface area contributed by atoms with Crippen molar-refractivity contribution in [1.82, 2.24) is 5.32 Å². The summed E-state index contributed by atoms with van der Waals surface area (Å²) in [6.07, 6.45) is 1.12. The number of hydrogen-bond donors (Lipinski definition) is 4. The maximum atomic E-state index is 13.8. The minimum atomic E-state index is -1.52. The van der Waals surface area contributed by atoms with Crippen LogP contribution >= 0.6 is 0 Å². The fourth-order valence-electron chi connectivity index (χ4n) is 5.96. The monoisotopic (exact) mass is 661 g/mol. The van der Waals surface area contributed by atoms with Crippen LogP contribution in [0.3, 0.4) is 0 Å². The number of rotatable bonds is 14. The van der Waals surface area contributed by atoms with Gasteiger partial charge in [-0.2, -0.15) is 0 Å². The molecule has 0 aliphatic heterocycles. The third-order valence-corrected chi connectivity index (χ3v) is 8.36. The Morgan fingerprint density at radius 3 is 2.23 bits per heavy atom. The lowest BCUT2D eigenvalue weighted by Crippen LogP contribution is -2.52.